The number of ether oxygens (including phenoxy) is 3. The van der Waals surface area contributed by atoms with Gasteiger partial charge in [0.1, 0.15) is 5.60 Å². The number of hydrogen-bond donors (Lipinski definition) is 1. The first-order chi connectivity index (χ1) is 12.0. The van der Waals surface area contributed by atoms with E-state index in [2.05, 4.69) is 0 Å². The highest BCUT2D eigenvalue weighted by Crippen LogP contribution is 2.43. The molecule has 0 bridgehead atoms. The van der Waals surface area contributed by atoms with Gasteiger partial charge >= 0.3 is 5.97 Å². The molecule has 1 aliphatic rings. The fraction of sp³-hybridized carbons (Fsp3) is 0.350. The summed E-state index contributed by atoms with van der Waals surface area (Å²) in [6.45, 7) is 2.64. The summed E-state index contributed by atoms with van der Waals surface area (Å²) in [6, 6.07) is 11.5. The van der Waals surface area contributed by atoms with Gasteiger partial charge in [0.15, 0.2) is 11.5 Å². The van der Waals surface area contributed by atoms with E-state index in [-0.39, 0.29) is 6.42 Å². The van der Waals surface area contributed by atoms with Crippen LogP contribution in [-0.4, -0.2) is 31.9 Å². The Kier molecular flexibility index (Phi) is 4.68. The predicted octanol–water partition coefficient (Wildman–Crippen LogP) is 3.17. The van der Waals surface area contributed by atoms with E-state index >= 15 is 0 Å². The highest BCUT2D eigenvalue weighted by molar-refractivity contribution is 5.70. The number of aliphatic carboxylic acids is 1. The Balaban J connectivity index is 2.04. The molecular weight excluding hydrogens is 320 g/mol. The van der Waals surface area contributed by atoms with Gasteiger partial charge in [-0.1, -0.05) is 24.3 Å². The van der Waals surface area contributed by atoms with Crippen LogP contribution in [0.2, 0.25) is 0 Å². The van der Waals surface area contributed by atoms with Gasteiger partial charge in [0.2, 0.25) is 0 Å². The van der Waals surface area contributed by atoms with Crippen LogP contribution in [0.25, 0.3) is 0 Å². The fourth-order valence-corrected chi connectivity index (χ4v) is 3.37. The second-order valence-electron chi connectivity index (χ2n) is 6.26. The minimum absolute atomic E-state index is 0.0134. The third-order valence-electron chi connectivity index (χ3n) is 4.75. The van der Waals surface area contributed by atoms with Crippen LogP contribution in [0.4, 0.5) is 0 Å². The van der Waals surface area contributed by atoms with Crippen molar-refractivity contribution in [1.82, 2.24) is 0 Å². The van der Waals surface area contributed by atoms with Crippen molar-refractivity contribution >= 4 is 5.97 Å². The van der Waals surface area contributed by atoms with E-state index in [0.29, 0.717) is 18.1 Å². The normalized spacial score (nSPS) is 19.2. The van der Waals surface area contributed by atoms with Crippen molar-refractivity contribution in [2.75, 3.05) is 20.8 Å². The van der Waals surface area contributed by atoms with Crippen LogP contribution in [0.1, 0.15) is 29.2 Å². The van der Waals surface area contributed by atoms with Gasteiger partial charge in [-0.3, -0.25) is 4.79 Å². The van der Waals surface area contributed by atoms with Gasteiger partial charge in [-0.05, 0) is 47.7 Å². The zero-order valence-corrected chi connectivity index (χ0v) is 14.7. The molecular formula is C20H22O5. The average Bonchev–Trinajstić information content (AvgIpc) is 2.61. The highest BCUT2D eigenvalue weighted by Gasteiger charge is 2.36. The van der Waals surface area contributed by atoms with E-state index in [1.54, 1.807) is 14.2 Å². The molecule has 0 radical (unpaired) electrons. The monoisotopic (exact) mass is 342 g/mol. The molecule has 1 N–H and O–H groups in total. The zero-order valence-electron chi connectivity index (χ0n) is 14.7. The Labute approximate surface area is 147 Å². The van der Waals surface area contributed by atoms with Crippen LogP contribution in [0.3, 0.4) is 0 Å². The van der Waals surface area contributed by atoms with Crippen molar-refractivity contribution in [3.8, 4) is 11.5 Å². The SMILES string of the molecule is COc1cc2c(cc1OC)C(C)(c1ccc(CC(=O)O)cc1)OCC2. The third kappa shape index (κ3) is 3.20. The number of rotatable bonds is 5. The van der Waals surface area contributed by atoms with E-state index in [1.165, 1.54) is 5.56 Å². The minimum atomic E-state index is -0.838. The molecule has 0 saturated carbocycles. The van der Waals surface area contributed by atoms with Crippen molar-refractivity contribution in [1.29, 1.82) is 0 Å². The average molecular weight is 342 g/mol. The molecule has 25 heavy (non-hydrogen) atoms. The lowest BCUT2D eigenvalue weighted by atomic mass is 9.82. The summed E-state index contributed by atoms with van der Waals surface area (Å²) in [6.07, 6.45) is 0.821. The molecule has 1 unspecified atom stereocenters. The van der Waals surface area contributed by atoms with Crippen LogP contribution in [0.15, 0.2) is 36.4 Å². The van der Waals surface area contributed by atoms with Crippen molar-refractivity contribution in [2.24, 2.45) is 0 Å². The molecule has 132 valence electrons. The van der Waals surface area contributed by atoms with Gasteiger partial charge in [-0.2, -0.15) is 0 Å². The predicted molar refractivity (Wildman–Crippen MR) is 93.4 cm³/mol. The topological polar surface area (TPSA) is 65.0 Å². The Bertz CT molecular complexity index is 781. The Morgan fingerprint density at radius 3 is 2.40 bits per heavy atom. The molecule has 5 nitrogen and oxygen atoms in total. The molecule has 0 aliphatic carbocycles. The maximum absolute atomic E-state index is 10.9. The second kappa shape index (κ2) is 6.76. The third-order valence-corrected chi connectivity index (χ3v) is 4.75. The number of benzene rings is 2. The van der Waals surface area contributed by atoms with Gasteiger partial charge in [-0.25, -0.2) is 0 Å². The molecule has 1 heterocycles. The van der Waals surface area contributed by atoms with Gasteiger partial charge in [0.05, 0.1) is 27.2 Å². The summed E-state index contributed by atoms with van der Waals surface area (Å²) in [5.74, 6) is 0.540. The zero-order chi connectivity index (χ0) is 18.0. The van der Waals surface area contributed by atoms with E-state index in [1.807, 2.05) is 43.3 Å². The molecule has 2 aromatic rings. The van der Waals surface area contributed by atoms with Crippen LogP contribution in [0, 0.1) is 0 Å². The lowest BCUT2D eigenvalue weighted by Gasteiger charge is -2.37. The summed E-state index contributed by atoms with van der Waals surface area (Å²) in [7, 11) is 3.25. The van der Waals surface area contributed by atoms with E-state index in [4.69, 9.17) is 19.3 Å². The number of carbonyl (C=O) groups is 1. The first kappa shape index (κ1) is 17.3. The maximum Gasteiger partial charge on any atom is 0.307 e. The summed E-state index contributed by atoms with van der Waals surface area (Å²) in [5.41, 5.74) is 3.34. The molecule has 1 atom stereocenters. The largest absolute Gasteiger partial charge is 0.493 e. The number of carboxylic acids is 1. The summed E-state index contributed by atoms with van der Waals surface area (Å²) in [5, 5.41) is 8.92. The van der Waals surface area contributed by atoms with Crippen molar-refractivity contribution < 1.29 is 24.1 Å². The van der Waals surface area contributed by atoms with Gasteiger partial charge < -0.3 is 19.3 Å². The van der Waals surface area contributed by atoms with Crippen LogP contribution in [-0.2, 0) is 28.0 Å². The van der Waals surface area contributed by atoms with Crippen LogP contribution >= 0.6 is 0 Å². The quantitative estimate of drug-likeness (QED) is 0.904. The molecule has 2 aromatic carbocycles. The fourth-order valence-electron chi connectivity index (χ4n) is 3.37. The number of methoxy groups -OCH3 is 2. The minimum Gasteiger partial charge on any atom is -0.493 e. The van der Waals surface area contributed by atoms with E-state index in [0.717, 1.165) is 23.1 Å². The number of fused-ring (bicyclic) bond motifs is 1. The van der Waals surface area contributed by atoms with E-state index in [9.17, 15) is 4.79 Å². The number of hydrogen-bond acceptors (Lipinski definition) is 4. The standard InChI is InChI=1S/C20H22O5/c1-20(15-6-4-13(5-7-15)10-19(21)22)16-12-18(24-3)17(23-2)11-14(16)8-9-25-20/h4-7,11-12H,8-10H2,1-3H3,(H,21,22). The lowest BCUT2D eigenvalue weighted by molar-refractivity contribution is -0.136. The molecule has 0 saturated heterocycles. The van der Waals surface area contributed by atoms with Crippen LogP contribution < -0.4 is 9.47 Å². The summed E-state index contributed by atoms with van der Waals surface area (Å²) in [4.78, 5) is 10.9. The summed E-state index contributed by atoms with van der Waals surface area (Å²) >= 11 is 0. The Morgan fingerprint density at radius 2 is 1.80 bits per heavy atom. The highest BCUT2D eigenvalue weighted by atomic mass is 16.5. The van der Waals surface area contributed by atoms with Crippen LogP contribution in [0.5, 0.6) is 11.5 Å². The van der Waals surface area contributed by atoms with Gasteiger partial charge in [0.25, 0.3) is 0 Å². The van der Waals surface area contributed by atoms with Crippen molar-refractivity contribution in [3.63, 3.8) is 0 Å². The Morgan fingerprint density at radius 1 is 1.16 bits per heavy atom. The molecule has 0 fully saturated rings. The molecule has 5 heteroatoms. The first-order valence-electron chi connectivity index (χ1n) is 8.18. The lowest BCUT2D eigenvalue weighted by Crippen LogP contribution is -2.33. The molecule has 0 spiro atoms. The first-order valence-corrected chi connectivity index (χ1v) is 8.18. The molecule has 1 aliphatic heterocycles. The summed E-state index contributed by atoms with van der Waals surface area (Å²) < 4.78 is 17.0. The molecule has 0 aromatic heterocycles. The Hall–Kier alpha value is -2.53. The second-order valence-corrected chi connectivity index (χ2v) is 6.26. The van der Waals surface area contributed by atoms with E-state index < -0.39 is 11.6 Å². The molecule has 3 rings (SSSR count). The van der Waals surface area contributed by atoms with Gasteiger partial charge in [0, 0.05) is 0 Å². The maximum atomic E-state index is 10.9. The smallest absolute Gasteiger partial charge is 0.307 e. The van der Waals surface area contributed by atoms with Gasteiger partial charge in [-0.15, -0.1) is 0 Å². The van der Waals surface area contributed by atoms with Crippen molar-refractivity contribution in [3.05, 3.63) is 58.7 Å². The van der Waals surface area contributed by atoms with Crippen molar-refractivity contribution in [2.45, 2.75) is 25.4 Å². The number of carboxylic acid groups (broad SMARTS) is 1. The molecule has 0 amide bonds.